The predicted molar refractivity (Wildman–Crippen MR) is 159 cm³/mol. The molecule has 8 rings (SSSR count). The van der Waals surface area contributed by atoms with Crippen molar-refractivity contribution >= 4 is 11.6 Å². The van der Waals surface area contributed by atoms with E-state index in [4.69, 9.17) is 11.6 Å². The van der Waals surface area contributed by atoms with Crippen LogP contribution in [0.4, 0.5) is 0 Å². The zero-order valence-corrected chi connectivity index (χ0v) is 21.4. The Kier molecular flexibility index (Phi) is 4.59. The van der Waals surface area contributed by atoms with Crippen LogP contribution >= 0.6 is 11.6 Å². The Morgan fingerprint density at radius 3 is 1.53 bits per heavy atom. The van der Waals surface area contributed by atoms with Gasteiger partial charge in [0.2, 0.25) is 0 Å². The van der Waals surface area contributed by atoms with Gasteiger partial charge < -0.3 is 0 Å². The maximum Gasteiger partial charge on any atom is 0.0726 e. The maximum atomic E-state index is 7.23. The third kappa shape index (κ3) is 2.81. The number of fused-ring (bicyclic) bond motifs is 10. The largest absolute Gasteiger partial charge is 0.0836 e. The minimum atomic E-state index is -0.433. The van der Waals surface area contributed by atoms with Gasteiger partial charge in [-0.2, -0.15) is 0 Å². The predicted octanol–water partition coefficient (Wildman–Crippen LogP) is 10.0. The maximum absolute atomic E-state index is 7.23. The molecule has 0 atom stereocenters. The number of rotatable bonds is 2. The van der Waals surface area contributed by atoms with Gasteiger partial charge >= 0.3 is 0 Å². The third-order valence-corrected chi connectivity index (χ3v) is 8.65. The fraction of sp³-hybridized carbons (Fsp3) is 0.0270. The second-order valence-electron chi connectivity index (χ2n) is 10.2. The molecule has 2 aliphatic carbocycles. The Hall–Kier alpha value is -4.39. The van der Waals surface area contributed by atoms with Crippen molar-refractivity contribution in [1.29, 1.82) is 0 Å². The lowest BCUT2D eigenvalue weighted by molar-refractivity contribution is 0.794. The topological polar surface area (TPSA) is 0 Å². The lowest BCUT2D eigenvalue weighted by Crippen LogP contribution is -2.26. The van der Waals surface area contributed by atoms with Crippen molar-refractivity contribution in [3.63, 3.8) is 0 Å². The van der Waals surface area contributed by atoms with Crippen LogP contribution in [-0.4, -0.2) is 0 Å². The molecule has 6 aromatic carbocycles. The Balaban J connectivity index is 1.52. The molecule has 0 saturated heterocycles. The molecule has 178 valence electrons. The first-order valence-corrected chi connectivity index (χ1v) is 13.4. The molecule has 2 aliphatic rings. The van der Waals surface area contributed by atoms with Crippen LogP contribution in [0.5, 0.6) is 0 Å². The summed E-state index contributed by atoms with van der Waals surface area (Å²) in [6.45, 7) is 0. The van der Waals surface area contributed by atoms with Crippen molar-refractivity contribution in [2.24, 2.45) is 0 Å². The van der Waals surface area contributed by atoms with Crippen molar-refractivity contribution in [3.8, 4) is 44.5 Å². The van der Waals surface area contributed by atoms with Crippen molar-refractivity contribution in [3.05, 3.63) is 167 Å². The van der Waals surface area contributed by atoms with Crippen LogP contribution < -0.4 is 0 Å². The van der Waals surface area contributed by atoms with E-state index in [0.29, 0.717) is 0 Å². The van der Waals surface area contributed by atoms with E-state index in [9.17, 15) is 0 Å². The van der Waals surface area contributed by atoms with Gasteiger partial charge in [-0.25, -0.2) is 0 Å². The fourth-order valence-corrected chi connectivity index (χ4v) is 7.14. The first-order chi connectivity index (χ1) is 18.8. The molecule has 6 aromatic rings. The molecule has 0 nitrogen and oxygen atoms in total. The second kappa shape index (κ2) is 8.05. The molecule has 1 heteroatoms. The molecule has 0 saturated carbocycles. The molecule has 0 radical (unpaired) electrons. The van der Waals surface area contributed by atoms with E-state index in [1.165, 1.54) is 55.6 Å². The highest BCUT2D eigenvalue weighted by molar-refractivity contribution is 6.34. The minimum Gasteiger partial charge on any atom is -0.0836 e. The van der Waals surface area contributed by atoms with Gasteiger partial charge in [0.25, 0.3) is 0 Å². The zero-order valence-electron chi connectivity index (χ0n) is 20.7. The molecular weight excluding hydrogens is 480 g/mol. The summed E-state index contributed by atoms with van der Waals surface area (Å²) in [7, 11) is 0. The standard InChI is InChI=1S/C37H23Cl/c38-35-23-27(25-13-5-2-6-14-25)22-34-36(35)30-20-19-26(24-11-3-1-4-12-24)21-33(30)37(34)31-17-9-7-15-28(31)29-16-8-10-18-32(29)37/h1-23H. The molecular formula is C37H23Cl. The molecule has 0 N–H and O–H groups in total. The summed E-state index contributed by atoms with van der Waals surface area (Å²) in [4.78, 5) is 0. The van der Waals surface area contributed by atoms with Crippen molar-refractivity contribution in [2.45, 2.75) is 5.41 Å². The van der Waals surface area contributed by atoms with E-state index < -0.39 is 5.41 Å². The highest BCUT2D eigenvalue weighted by Gasteiger charge is 2.52. The molecule has 0 fully saturated rings. The quantitative estimate of drug-likeness (QED) is 0.220. The molecule has 0 bridgehead atoms. The van der Waals surface area contributed by atoms with Gasteiger partial charge in [0.1, 0.15) is 0 Å². The van der Waals surface area contributed by atoms with Crippen molar-refractivity contribution in [1.82, 2.24) is 0 Å². The average molecular weight is 503 g/mol. The van der Waals surface area contributed by atoms with Gasteiger partial charge in [-0.15, -0.1) is 0 Å². The first kappa shape index (κ1) is 21.7. The van der Waals surface area contributed by atoms with Gasteiger partial charge in [-0.1, -0.05) is 133 Å². The smallest absolute Gasteiger partial charge is 0.0726 e. The SMILES string of the molecule is Clc1cc(-c2ccccc2)cc2c1-c1ccc(-c3ccccc3)cc1C21c2ccccc2-c2ccccc21. The van der Waals surface area contributed by atoms with Crippen molar-refractivity contribution < 1.29 is 0 Å². The summed E-state index contributed by atoms with van der Waals surface area (Å²) in [6.07, 6.45) is 0. The molecule has 0 aliphatic heterocycles. The Morgan fingerprint density at radius 1 is 0.368 bits per heavy atom. The average Bonchev–Trinajstić information content (AvgIpc) is 3.45. The molecule has 0 amide bonds. The van der Waals surface area contributed by atoms with Crippen LogP contribution in [0.15, 0.2) is 140 Å². The second-order valence-corrected chi connectivity index (χ2v) is 10.6. The number of benzene rings is 6. The van der Waals surface area contributed by atoms with E-state index in [1.807, 2.05) is 0 Å². The zero-order chi connectivity index (χ0) is 25.3. The van der Waals surface area contributed by atoms with Crippen LogP contribution in [0.1, 0.15) is 22.3 Å². The summed E-state index contributed by atoms with van der Waals surface area (Å²) in [6, 6.07) is 50.5. The van der Waals surface area contributed by atoms with E-state index in [-0.39, 0.29) is 0 Å². The van der Waals surface area contributed by atoms with E-state index in [1.54, 1.807) is 0 Å². The molecule has 0 aromatic heterocycles. The molecule has 0 unspecified atom stereocenters. The van der Waals surface area contributed by atoms with Gasteiger partial charge in [-0.05, 0) is 79.4 Å². The monoisotopic (exact) mass is 502 g/mol. The number of hydrogen-bond donors (Lipinski definition) is 0. The van der Waals surface area contributed by atoms with E-state index in [2.05, 4.69) is 140 Å². The fourth-order valence-electron chi connectivity index (χ4n) is 6.82. The summed E-state index contributed by atoms with van der Waals surface area (Å²) in [5.74, 6) is 0. The number of hydrogen-bond acceptors (Lipinski definition) is 0. The van der Waals surface area contributed by atoms with Crippen LogP contribution in [0, 0.1) is 0 Å². The van der Waals surface area contributed by atoms with Gasteiger partial charge in [0.15, 0.2) is 0 Å². The lowest BCUT2D eigenvalue weighted by Gasteiger charge is -2.31. The summed E-state index contributed by atoms with van der Waals surface area (Å²) < 4.78 is 0. The third-order valence-electron chi connectivity index (χ3n) is 8.35. The molecule has 1 spiro atoms. The Labute approximate surface area is 227 Å². The van der Waals surface area contributed by atoms with Gasteiger partial charge in [-0.3, -0.25) is 0 Å². The van der Waals surface area contributed by atoms with Crippen LogP contribution in [0.25, 0.3) is 44.5 Å². The highest BCUT2D eigenvalue weighted by atomic mass is 35.5. The highest BCUT2D eigenvalue weighted by Crippen LogP contribution is 2.64. The van der Waals surface area contributed by atoms with Crippen LogP contribution in [-0.2, 0) is 5.41 Å². The van der Waals surface area contributed by atoms with E-state index in [0.717, 1.165) is 16.1 Å². The Bertz CT molecular complexity index is 1820. The summed E-state index contributed by atoms with van der Waals surface area (Å²) in [5.41, 5.74) is 14.5. The van der Waals surface area contributed by atoms with Crippen LogP contribution in [0.3, 0.4) is 0 Å². The normalized spacial score (nSPS) is 13.6. The molecule has 0 heterocycles. The van der Waals surface area contributed by atoms with E-state index >= 15 is 0 Å². The van der Waals surface area contributed by atoms with Crippen molar-refractivity contribution in [2.75, 3.05) is 0 Å². The first-order valence-electron chi connectivity index (χ1n) is 13.1. The Morgan fingerprint density at radius 2 is 0.895 bits per heavy atom. The summed E-state index contributed by atoms with van der Waals surface area (Å²) >= 11 is 7.23. The van der Waals surface area contributed by atoms with Crippen LogP contribution in [0.2, 0.25) is 5.02 Å². The molecule has 38 heavy (non-hydrogen) atoms. The van der Waals surface area contributed by atoms with Gasteiger partial charge in [0.05, 0.1) is 5.41 Å². The lowest BCUT2D eigenvalue weighted by atomic mass is 9.70. The minimum absolute atomic E-state index is 0.433. The summed E-state index contributed by atoms with van der Waals surface area (Å²) in [5, 5.41) is 0.800. The number of halogens is 1. The van der Waals surface area contributed by atoms with Gasteiger partial charge in [0, 0.05) is 10.6 Å².